The fraction of sp³-hybridized carbons (Fsp3) is 0.161. The number of hydrogen-bond donors (Lipinski definition) is 2. The Morgan fingerprint density at radius 1 is 0.842 bits per heavy atom. The number of pyridine rings is 2. The lowest BCUT2D eigenvalue weighted by atomic mass is 9.98. The van der Waals surface area contributed by atoms with Crippen LogP contribution in [0.4, 0.5) is 0 Å². The molecule has 0 bridgehead atoms. The fourth-order valence-corrected chi connectivity index (χ4v) is 4.73. The third-order valence-electron chi connectivity index (χ3n) is 6.74. The zero-order valence-corrected chi connectivity index (χ0v) is 21.5. The van der Waals surface area contributed by atoms with E-state index in [1.807, 2.05) is 43.5 Å². The molecule has 0 aliphatic rings. The summed E-state index contributed by atoms with van der Waals surface area (Å²) in [6, 6.07) is 27.4. The Morgan fingerprint density at radius 2 is 1.68 bits per heavy atom. The minimum absolute atomic E-state index is 0.591. The third-order valence-corrected chi connectivity index (χ3v) is 6.74. The molecular weight excluding hydrogens is 470 g/mol. The normalized spacial score (nSPS) is 11.3. The number of imidazole rings is 1. The second-order valence-corrected chi connectivity index (χ2v) is 9.36. The number of aromatic amines is 1. The smallest absolute Gasteiger partial charge is 0.155 e. The maximum atomic E-state index is 4.99. The van der Waals surface area contributed by atoms with Crippen LogP contribution in [0.25, 0.3) is 39.4 Å². The Hall–Kier alpha value is -4.62. The van der Waals surface area contributed by atoms with Gasteiger partial charge in [-0.05, 0) is 59.9 Å². The number of H-pyrrole nitrogens is 1. The first-order valence-corrected chi connectivity index (χ1v) is 12.9. The summed E-state index contributed by atoms with van der Waals surface area (Å²) >= 11 is 0. The molecule has 4 aromatic heterocycles. The molecule has 0 radical (unpaired) electrons. The van der Waals surface area contributed by atoms with Crippen LogP contribution >= 0.6 is 0 Å². The van der Waals surface area contributed by atoms with Gasteiger partial charge in [-0.15, -0.1) is 0 Å². The number of aromatic nitrogens is 6. The van der Waals surface area contributed by atoms with E-state index in [0.29, 0.717) is 6.54 Å². The summed E-state index contributed by atoms with van der Waals surface area (Å²) in [7, 11) is 0. The van der Waals surface area contributed by atoms with E-state index >= 15 is 0 Å². The molecule has 4 heterocycles. The molecule has 6 rings (SSSR count). The van der Waals surface area contributed by atoms with Crippen molar-refractivity contribution in [3.8, 4) is 33.8 Å². The molecule has 188 valence electrons. The largest absolute Gasteiger partial charge is 0.339 e. The Labute approximate surface area is 221 Å². The van der Waals surface area contributed by atoms with E-state index in [2.05, 4.69) is 75.8 Å². The number of nitrogens with one attached hydrogen (secondary N) is 2. The van der Waals surface area contributed by atoms with E-state index in [-0.39, 0.29) is 0 Å². The predicted molar refractivity (Wildman–Crippen MR) is 150 cm³/mol. The lowest BCUT2D eigenvalue weighted by Gasteiger charge is -2.11. The minimum atomic E-state index is 0.591. The van der Waals surface area contributed by atoms with Crippen LogP contribution in [-0.4, -0.2) is 29.5 Å². The van der Waals surface area contributed by atoms with Crippen molar-refractivity contribution in [1.82, 2.24) is 34.9 Å². The van der Waals surface area contributed by atoms with Gasteiger partial charge in [-0.1, -0.05) is 61.5 Å². The molecule has 0 aliphatic carbocycles. The first-order valence-electron chi connectivity index (χ1n) is 12.9. The van der Waals surface area contributed by atoms with E-state index in [1.54, 1.807) is 10.8 Å². The first-order chi connectivity index (χ1) is 18.7. The van der Waals surface area contributed by atoms with Crippen molar-refractivity contribution in [2.45, 2.75) is 33.4 Å². The van der Waals surface area contributed by atoms with Gasteiger partial charge < -0.3 is 10.3 Å². The van der Waals surface area contributed by atoms with Gasteiger partial charge in [-0.2, -0.15) is 5.10 Å². The number of aryl methyl sites for hydroxylation is 2. The van der Waals surface area contributed by atoms with Crippen molar-refractivity contribution in [2.24, 2.45) is 0 Å². The molecule has 7 heteroatoms. The van der Waals surface area contributed by atoms with Crippen molar-refractivity contribution < 1.29 is 0 Å². The number of rotatable bonds is 8. The molecule has 38 heavy (non-hydrogen) atoms. The van der Waals surface area contributed by atoms with E-state index in [4.69, 9.17) is 9.97 Å². The Morgan fingerprint density at radius 3 is 2.53 bits per heavy atom. The lowest BCUT2D eigenvalue weighted by Crippen LogP contribution is -2.14. The second-order valence-electron chi connectivity index (χ2n) is 9.36. The Kier molecular flexibility index (Phi) is 6.50. The predicted octanol–water partition coefficient (Wildman–Crippen LogP) is 6.01. The van der Waals surface area contributed by atoms with Gasteiger partial charge in [0.1, 0.15) is 12.2 Å². The van der Waals surface area contributed by atoms with Gasteiger partial charge in [0.15, 0.2) is 5.65 Å². The second kappa shape index (κ2) is 10.4. The third kappa shape index (κ3) is 4.84. The highest BCUT2D eigenvalue weighted by molar-refractivity contribution is 5.77. The van der Waals surface area contributed by atoms with Crippen LogP contribution in [-0.2, 0) is 19.5 Å². The van der Waals surface area contributed by atoms with Gasteiger partial charge >= 0.3 is 0 Å². The number of benzene rings is 2. The highest BCUT2D eigenvalue weighted by Crippen LogP contribution is 2.30. The van der Waals surface area contributed by atoms with Gasteiger partial charge in [0, 0.05) is 24.0 Å². The molecule has 0 saturated heterocycles. The van der Waals surface area contributed by atoms with Gasteiger partial charge in [0.25, 0.3) is 0 Å². The zero-order chi connectivity index (χ0) is 25.9. The topological polar surface area (TPSA) is 83.8 Å². The standard InChI is InChI=1S/C31H29N7/c1-3-22-11-13-23(14-12-22)26-9-5-4-8-24(26)17-32-18-28-36-30(25-15-16-29-33-20-34-38(29)19-25)31(37-28)27-10-6-7-21(2)35-27/h4-16,19-20,32H,3,17-18H2,1-2H3,(H,36,37). The maximum absolute atomic E-state index is 4.99. The quantitative estimate of drug-likeness (QED) is 0.268. The van der Waals surface area contributed by atoms with Gasteiger partial charge in [-0.3, -0.25) is 4.98 Å². The maximum Gasteiger partial charge on any atom is 0.155 e. The van der Waals surface area contributed by atoms with Crippen LogP contribution in [0.1, 0.15) is 29.6 Å². The Bertz CT molecular complexity index is 1700. The van der Waals surface area contributed by atoms with Gasteiger partial charge in [-0.25, -0.2) is 14.5 Å². The zero-order valence-electron chi connectivity index (χ0n) is 21.5. The van der Waals surface area contributed by atoms with Crippen LogP contribution in [0.15, 0.2) is 91.4 Å². The summed E-state index contributed by atoms with van der Waals surface area (Å²) in [4.78, 5) is 17.5. The molecular formula is C31H29N7. The summed E-state index contributed by atoms with van der Waals surface area (Å²) in [5, 5.41) is 7.88. The first kappa shape index (κ1) is 23.8. The van der Waals surface area contributed by atoms with Crippen molar-refractivity contribution in [3.63, 3.8) is 0 Å². The summed E-state index contributed by atoms with van der Waals surface area (Å²) in [5.74, 6) is 0.849. The van der Waals surface area contributed by atoms with Crippen LogP contribution in [0.3, 0.4) is 0 Å². The molecule has 2 N–H and O–H groups in total. The lowest BCUT2D eigenvalue weighted by molar-refractivity contribution is 0.670. The minimum Gasteiger partial charge on any atom is -0.339 e. The van der Waals surface area contributed by atoms with Crippen LogP contribution in [0.2, 0.25) is 0 Å². The molecule has 2 aromatic carbocycles. The van der Waals surface area contributed by atoms with Crippen molar-refractivity contribution in [3.05, 3.63) is 114 Å². The molecule has 0 atom stereocenters. The summed E-state index contributed by atoms with van der Waals surface area (Å²) < 4.78 is 1.76. The molecule has 6 aromatic rings. The molecule has 0 unspecified atom stereocenters. The summed E-state index contributed by atoms with van der Waals surface area (Å²) in [5.41, 5.74) is 10.4. The molecule has 7 nitrogen and oxygen atoms in total. The summed E-state index contributed by atoms with van der Waals surface area (Å²) in [6.07, 6.45) is 4.55. The highest BCUT2D eigenvalue weighted by Gasteiger charge is 2.16. The molecule has 0 aliphatic heterocycles. The molecule has 0 amide bonds. The van der Waals surface area contributed by atoms with E-state index in [0.717, 1.165) is 52.8 Å². The Balaban J connectivity index is 1.27. The van der Waals surface area contributed by atoms with Gasteiger partial charge in [0.05, 0.1) is 23.6 Å². The highest BCUT2D eigenvalue weighted by atomic mass is 15.3. The van der Waals surface area contributed by atoms with E-state index in [1.165, 1.54) is 22.3 Å². The van der Waals surface area contributed by atoms with Gasteiger partial charge in [0.2, 0.25) is 0 Å². The van der Waals surface area contributed by atoms with Crippen LogP contribution in [0.5, 0.6) is 0 Å². The molecule has 0 spiro atoms. The number of fused-ring (bicyclic) bond motifs is 1. The van der Waals surface area contributed by atoms with Crippen molar-refractivity contribution in [2.75, 3.05) is 0 Å². The van der Waals surface area contributed by atoms with E-state index < -0.39 is 0 Å². The average molecular weight is 500 g/mol. The molecule has 0 saturated carbocycles. The monoisotopic (exact) mass is 499 g/mol. The van der Waals surface area contributed by atoms with Crippen LogP contribution < -0.4 is 5.32 Å². The number of nitrogens with zero attached hydrogens (tertiary/aromatic N) is 5. The van der Waals surface area contributed by atoms with Crippen LogP contribution in [0, 0.1) is 6.92 Å². The number of hydrogen-bond acceptors (Lipinski definition) is 5. The average Bonchev–Trinajstić information content (AvgIpc) is 3.60. The fourth-order valence-electron chi connectivity index (χ4n) is 4.73. The SMILES string of the molecule is CCc1ccc(-c2ccccc2CNCc2nc(-c3ccc4ncnn4c3)c(-c3cccc(C)n3)[nH]2)cc1. The molecule has 0 fully saturated rings. The summed E-state index contributed by atoms with van der Waals surface area (Å²) in [6.45, 7) is 5.50. The van der Waals surface area contributed by atoms with E-state index in [9.17, 15) is 0 Å². The van der Waals surface area contributed by atoms with Crippen molar-refractivity contribution in [1.29, 1.82) is 0 Å². The van der Waals surface area contributed by atoms with Crippen molar-refractivity contribution >= 4 is 5.65 Å².